The van der Waals surface area contributed by atoms with Crippen molar-refractivity contribution in [2.75, 3.05) is 7.11 Å². The van der Waals surface area contributed by atoms with E-state index in [1.54, 1.807) is 6.92 Å². The van der Waals surface area contributed by atoms with Gasteiger partial charge in [0.25, 0.3) is 5.91 Å². The number of aliphatic carboxylic acids is 1. The zero-order chi connectivity index (χ0) is 27.0. The van der Waals surface area contributed by atoms with Crippen molar-refractivity contribution in [1.82, 2.24) is 10.6 Å². The van der Waals surface area contributed by atoms with Crippen LogP contribution in [0.5, 0.6) is 11.5 Å². The van der Waals surface area contributed by atoms with E-state index in [4.69, 9.17) is 9.47 Å². The first-order valence-corrected chi connectivity index (χ1v) is 13.3. The zero-order valence-corrected chi connectivity index (χ0v) is 22.2. The Morgan fingerprint density at radius 1 is 1.05 bits per heavy atom. The van der Waals surface area contributed by atoms with E-state index in [9.17, 15) is 23.9 Å². The number of amides is 2. The van der Waals surface area contributed by atoms with E-state index in [0.717, 1.165) is 25.3 Å². The molecular formula is C28H39FN2O6. The predicted molar refractivity (Wildman–Crippen MR) is 135 cm³/mol. The third-order valence-corrected chi connectivity index (χ3v) is 8.96. The summed E-state index contributed by atoms with van der Waals surface area (Å²) in [5, 5.41) is 15.6. The largest absolute Gasteiger partial charge is 0.496 e. The second kappa shape index (κ2) is 10.5. The molecule has 3 aliphatic rings. The highest BCUT2D eigenvalue weighted by Gasteiger charge is 2.44. The van der Waals surface area contributed by atoms with Gasteiger partial charge in [-0.1, -0.05) is 13.3 Å². The van der Waals surface area contributed by atoms with Crippen molar-refractivity contribution >= 4 is 17.8 Å². The molecule has 37 heavy (non-hydrogen) atoms. The molecule has 2 amide bonds. The zero-order valence-electron chi connectivity index (χ0n) is 22.2. The molecule has 1 aromatic carbocycles. The van der Waals surface area contributed by atoms with Gasteiger partial charge in [0, 0.05) is 18.2 Å². The summed E-state index contributed by atoms with van der Waals surface area (Å²) in [5.41, 5.74) is -0.507. The van der Waals surface area contributed by atoms with Crippen LogP contribution in [-0.2, 0) is 9.59 Å². The van der Waals surface area contributed by atoms with E-state index < -0.39 is 23.1 Å². The fourth-order valence-corrected chi connectivity index (χ4v) is 5.53. The Morgan fingerprint density at radius 2 is 1.73 bits per heavy atom. The fraction of sp³-hybridized carbons (Fsp3) is 0.679. The van der Waals surface area contributed by atoms with Gasteiger partial charge in [0.15, 0.2) is 11.6 Å². The van der Waals surface area contributed by atoms with Crippen LogP contribution < -0.4 is 20.1 Å². The minimum atomic E-state index is -0.837. The summed E-state index contributed by atoms with van der Waals surface area (Å²) >= 11 is 0. The van der Waals surface area contributed by atoms with E-state index in [-0.39, 0.29) is 52.5 Å². The van der Waals surface area contributed by atoms with Crippen molar-refractivity contribution in [2.45, 2.75) is 96.7 Å². The lowest BCUT2D eigenvalue weighted by Crippen LogP contribution is -2.47. The Bertz CT molecular complexity index is 1050. The topological polar surface area (TPSA) is 114 Å². The third kappa shape index (κ3) is 5.85. The Labute approximate surface area is 217 Å². The van der Waals surface area contributed by atoms with E-state index >= 15 is 0 Å². The molecule has 0 aliphatic heterocycles. The number of methoxy groups -OCH3 is 1. The highest BCUT2D eigenvalue weighted by Crippen LogP contribution is 2.48. The molecular weight excluding hydrogens is 479 g/mol. The fourth-order valence-electron chi connectivity index (χ4n) is 5.53. The number of benzene rings is 1. The summed E-state index contributed by atoms with van der Waals surface area (Å²) in [4.78, 5) is 37.8. The number of hydrogen-bond acceptors (Lipinski definition) is 5. The van der Waals surface area contributed by atoms with Crippen molar-refractivity contribution in [3.05, 3.63) is 23.5 Å². The summed E-state index contributed by atoms with van der Waals surface area (Å²) in [6.07, 6.45) is 5.91. The number of halogens is 1. The normalized spacial score (nSPS) is 29.2. The van der Waals surface area contributed by atoms with Gasteiger partial charge in [-0.25, -0.2) is 4.39 Å². The molecule has 3 N–H and O–H groups in total. The van der Waals surface area contributed by atoms with Gasteiger partial charge in [-0.05, 0) is 76.7 Å². The highest BCUT2D eigenvalue weighted by atomic mass is 19.1. The summed E-state index contributed by atoms with van der Waals surface area (Å²) in [5.74, 6) is -2.28. The smallest absolute Gasteiger partial charge is 0.309 e. The quantitative estimate of drug-likeness (QED) is 0.445. The molecule has 204 valence electrons. The number of carbonyl (C=O) groups is 3. The molecule has 3 atom stereocenters. The molecule has 0 bridgehead atoms. The number of rotatable bonds is 9. The van der Waals surface area contributed by atoms with Gasteiger partial charge in [-0.3, -0.25) is 14.4 Å². The minimum absolute atomic E-state index is 0.0378. The number of ether oxygens (including phenoxy) is 2. The maximum atomic E-state index is 14.8. The molecule has 0 heterocycles. The van der Waals surface area contributed by atoms with Crippen molar-refractivity contribution in [1.29, 1.82) is 0 Å². The van der Waals surface area contributed by atoms with Crippen LogP contribution in [-0.4, -0.2) is 48.2 Å². The maximum absolute atomic E-state index is 14.8. The van der Waals surface area contributed by atoms with Gasteiger partial charge in [0.05, 0.1) is 30.1 Å². The third-order valence-electron chi connectivity index (χ3n) is 8.96. The molecule has 0 saturated heterocycles. The molecule has 0 spiro atoms. The first kappa shape index (κ1) is 27.2. The van der Waals surface area contributed by atoms with Crippen LogP contribution in [0.2, 0.25) is 0 Å². The van der Waals surface area contributed by atoms with E-state index in [1.165, 1.54) is 13.2 Å². The first-order chi connectivity index (χ1) is 17.5. The summed E-state index contributed by atoms with van der Waals surface area (Å²) in [6, 6.07) is 2.24. The molecule has 0 aromatic heterocycles. The van der Waals surface area contributed by atoms with Crippen LogP contribution in [0, 0.1) is 22.6 Å². The standard InChI is InChI=1S/C28H39FN2O6/c1-16(27(2)12-13-27)30-24(32)18-6-5-7-21(18)31-25(33)19-14-23(20(29)15-22(19)36-4)37-17-8-10-28(3,11-9-17)26(34)35/h14-18,21H,5-13H2,1-4H3,(H,30,32)(H,31,33)(H,34,35). The molecule has 4 rings (SSSR count). The van der Waals surface area contributed by atoms with Crippen LogP contribution in [0.25, 0.3) is 0 Å². The summed E-state index contributed by atoms with van der Waals surface area (Å²) in [6.45, 7) is 5.92. The predicted octanol–water partition coefficient (Wildman–Crippen LogP) is 4.45. The monoisotopic (exact) mass is 518 g/mol. The number of carboxylic acids is 1. The van der Waals surface area contributed by atoms with Crippen molar-refractivity contribution in [3.8, 4) is 11.5 Å². The molecule has 3 saturated carbocycles. The lowest BCUT2D eigenvalue weighted by molar-refractivity contribution is -0.150. The van der Waals surface area contributed by atoms with Crippen LogP contribution in [0.1, 0.15) is 88.9 Å². The van der Waals surface area contributed by atoms with Crippen LogP contribution in [0.15, 0.2) is 12.1 Å². The first-order valence-electron chi connectivity index (χ1n) is 13.3. The summed E-state index contributed by atoms with van der Waals surface area (Å²) < 4.78 is 26.0. The van der Waals surface area contributed by atoms with Gasteiger partial charge in [0.1, 0.15) is 5.75 Å². The molecule has 3 unspecified atom stereocenters. The van der Waals surface area contributed by atoms with Gasteiger partial charge in [-0.15, -0.1) is 0 Å². The lowest BCUT2D eigenvalue weighted by Gasteiger charge is -2.34. The Balaban J connectivity index is 1.43. The molecule has 8 nitrogen and oxygen atoms in total. The van der Waals surface area contributed by atoms with Gasteiger partial charge >= 0.3 is 5.97 Å². The van der Waals surface area contributed by atoms with Crippen molar-refractivity contribution in [2.24, 2.45) is 16.7 Å². The number of nitrogens with one attached hydrogen (secondary N) is 2. The molecule has 3 aliphatic carbocycles. The number of carboxylic acid groups (broad SMARTS) is 1. The summed E-state index contributed by atoms with van der Waals surface area (Å²) in [7, 11) is 1.37. The van der Waals surface area contributed by atoms with E-state index in [0.29, 0.717) is 38.5 Å². The van der Waals surface area contributed by atoms with Crippen molar-refractivity contribution < 1.29 is 33.4 Å². The second-order valence-corrected chi connectivity index (χ2v) is 11.7. The average molecular weight is 519 g/mol. The second-order valence-electron chi connectivity index (χ2n) is 11.7. The van der Waals surface area contributed by atoms with Crippen LogP contribution >= 0.6 is 0 Å². The maximum Gasteiger partial charge on any atom is 0.309 e. The molecule has 9 heteroatoms. The van der Waals surface area contributed by atoms with Gasteiger partial charge in [-0.2, -0.15) is 0 Å². The Kier molecular flexibility index (Phi) is 7.72. The van der Waals surface area contributed by atoms with Crippen LogP contribution in [0.3, 0.4) is 0 Å². The number of hydrogen-bond donors (Lipinski definition) is 3. The van der Waals surface area contributed by atoms with Crippen LogP contribution in [0.4, 0.5) is 4.39 Å². The molecule has 1 aromatic rings. The average Bonchev–Trinajstić information content (AvgIpc) is 3.45. The van der Waals surface area contributed by atoms with E-state index in [1.807, 2.05) is 6.92 Å². The van der Waals surface area contributed by atoms with Gasteiger partial charge < -0.3 is 25.2 Å². The molecule has 0 radical (unpaired) electrons. The van der Waals surface area contributed by atoms with Crippen molar-refractivity contribution in [3.63, 3.8) is 0 Å². The highest BCUT2D eigenvalue weighted by molar-refractivity contribution is 5.98. The Hall–Kier alpha value is -2.84. The minimum Gasteiger partial charge on any atom is -0.496 e. The van der Waals surface area contributed by atoms with E-state index in [2.05, 4.69) is 17.6 Å². The Morgan fingerprint density at radius 3 is 2.32 bits per heavy atom. The SMILES string of the molecule is COc1cc(F)c(OC2CCC(C)(C(=O)O)CC2)cc1C(=O)NC1CCCC1C(=O)NC(C)C1(C)CC1. The lowest BCUT2D eigenvalue weighted by atomic mass is 9.75. The van der Waals surface area contributed by atoms with Gasteiger partial charge in [0.2, 0.25) is 5.91 Å². The molecule has 3 fully saturated rings. The number of carbonyl (C=O) groups excluding carboxylic acids is 2.